The second-order valence-electron chi connectivity index (χ2n) is 3.97. The molecule has 1 saturated carbocycles. The molecular weight excluding hydrogens is 198 g/mol. The first kappa shape index (κ1) is 9.68. The Labute approximate surface area is 86.6 Å². The molecular formula is C10H13NO2S. The minimum absolute atomic E-state index is 0.0495. The summed E-state index contributed by atoms with van der Waals surface area (Å²) in [5, 5.41) is 9.22. The molecule has 3 nitrogen and oxygen atoms in total. The van der Waals surface area contributed by atoms with Gasteiger partial charge < -0.3 is 10.8 Å². The molecule has 1 aromatic rings. The normalized spacial score (nSPS) is 31.1. The Morgan fingerprint density at radius 3 is 2.64 bits per heavy atom. The van der Waals surface area contributed by atoms with E-state index in [1.54, 1.807) is 11.3 Å². The quantitative estimate of drug-likeness (QED) is 0.779. The average molecular weight is 211 g/mol. The van der Waals surface area contributed by atoms with E-state index in [-0.39, 0.29) is 6.04 Å². The molecule has 0 atom stereocenters. The molecule has 0 spiro atoms. The number of nitrogens with two attached hydrogens (primary N) is 1. The predicted molar refractivity (Wildman–Crippen MR) is 55.6 cm³/mol. The van der Waals surface area contributed by atoms with Crippen LogP contribution in [0.5, 0.6) is 0 Å². The average Bonchev–Trinajstić information content (AvgIpc) is 2.45. The molecule has 0 radical (unpaired) electrons. The van der Waals surface area contributed by atoms with Crippen molar-refractivity contribution in [3.63, 3.8) is 0 Å². The van der Waals surface area contributed by atoms with Crippen molar-refractivity contribution >= 4 is 17.3 Å². The smallest absolute Gasteiger partial charge is 0.315 e. The standard InChI is InChI=1S/C10H13NO2S/c1-6-2-3-8(14-6)10(9(12)13)4-7(11)5-10/h2-3,7H,4-5,11H2,1H3,(H,12,13). The Hall–Kier alpha value is -0.870. The van der Waals surface area contributed by atoms with Crippen molar-refractivity contribution in [2.75, 3.05) is 0 Å². The van der Waals surface area contributed by atoms with E-state index in [1.807, 2.05) is 19.1 Å². The minimum atomic E-state index is -0.735. The molecule has 2 rings (SSSR count). The van der Waals surface area contributed by atoms with Gasteiger partial charge in [0.2, 0.25) is 0 Å². The maximum absolute atomic E-state index is 11.2. The van der Waals surface area contributed by atoms with Crippen LogP contribution in [0.2, 0.25) is 0 Å². The van der Waals surface area contributed by atoms with Gasteiger partial charge in [-0.3, -0.25) is 4.79 Å². The fourth-order valence-corrected chi connectivity index (χ4v) is 3.08. The third-order valence-corrected chi connectivity index (χ3v) is 4.05. The molecule has 0 aromatic carbocycles. The molecule has 0 unspecified atom stereocenters. The lowest BCUT2D eigenvalue weighted by molar-refractivity contribution is -0.148. The fraction of sp³-hybridized carbons (Fsp3) is 0.500. The molecule has 0 amide bonds. The van der Waals surface area contributed by atoms with E-state index in [0.717, 1.165) is 9.75 Å². The Balaban J connectivity index is 2.34. The molecule has 4 heteroatoms. The zero-order chi connectivity index (χ0) is 10.3. The molecule has 14 heavy (non-hydrogen) atoms. The van der Waals surface area contributed by atoms with Crippen LogP contribution in [0.15, 0.2) is 12.1 Å². The van der Waals surface area contributed by atoms with Gasteiger partial charge in [0, 0.05) is 15.8 Å². The number of carboxylic acid groups (broad SMARTS) is 1. The number of aliphatic carboxylic acids is 1. The highest BCUT2D eigenvalue weighted by Gasteiger charge is 2.51. The van der Waals surface area contributed by atoms with Crippen LogP contribution in [-0.4, -0.2) is 17.1 Å². The fourth-order valence-electron chi connectivity index (χ4n) is 2.01. The van der Waals surface area contributed by atoms with E-state index in [2.05, 4.69) is 0 Å². The van der Waals surface area contributed by atoms with E-state index in [1.165, 1.54) is 0 Å². The van der Waals surface area contributed by atoms with Gasteiger partial charge in [-0.05, 0) is 31.9 Å². The number of carboxylic acids is 1. The van der Waals surface area contributed by atoms with Crippen LogP contribution >= 0.6 is 11.3 Å². The Bertz CT molecular complexity index is 366. The molecule has 0 bridgehead atoms. The van der Waals surface area contributed by atoms with Crippen molar-refractivity contribution in [3.8, 4) is 0 Å². The molecule has 0 saturated heterocycles. The van der Waals surface area contributed by atoms with E-state index in [0.29, 0.717) is 12.8 Å². The van der Waals surface area contributed by atoms with E-state index >= 15 is 0 Å². The van der Waals surface area contributed by atoms with Crippen LogP contribution in [0, 0.1) is 6.92 Å². The molecule has 1 aromatic heterocycles. The van der Waals surface area contributed by atoms with Crippen LogP contribution < -0.4 is 5.73 Å². The highest BCUT2D eigenvalue weighted by Crippen LogP contribution is 2.45. The monoisotopic (exact) mass is 211 g/mol. The van der Waals surface area contributed by atoms with Gasteiger partial charge in [-0.1, -0.05) is 0 Å². The van der Waals surface area contributed by atoms with Crippen LogP contribution in [0.1, 0.15) is 22.6 Å². The van der Waals surface area contributed by atoms with Gasteiger partial charge in [0.05, 0.1) is 0 Å². The molecule has 76 valence electrons. The highest BCUT2D eigenvalue weighted by molar-refractivity contribution is 7.12. The largest absolute Gasteiger partial charge is 0.481 e. The maximum Gasteiger partial charge on any atom is 0.315 e. The van der Waals surface area contributed by atoms with E-state index in [4.69, 9.17) is 5.73 Å². The maximum atomic E-state index is 11.2. The van der Waals surface area contributed by atoms with Gasteiger partial charge in [0.15, 0.2) is 0 Å². The SMILES string of the molecule is Cc1ccc(C2(C(=O)O)CC(N)C2)s1. The third kappa shape index (κ3) is 1.26. The molecule has 1 aliphatic rings. The molecule has 3 N–H and O–H groups in total. The Morgan fingerprint density at radius 2 is 2.29 bits per heavy atom. The van der Waals surface area contributed by atoms with Crippen LogP contribution in [-0.2, 0) is 10.2 Å². The minimum Gasteiger partial charge on any atom is -0.481 e. The predicted octanol–water partition coefficient (Wildman–Crippen LogP) is 1.50. The number of thiophene rings is 1. The molecule has 1 heterocycles. The topological polar surface area (TPSA) is 63.3 Å². The van der Waals surface area contributed by atoms with Crippen molar-refractivity contribution < 1.29 is 9.90 Å². The van der Waals surface area contributed by atoms with Crippen molar-refractivity contribution in [2.45, 2.75) is 31.2 Å². The van der Waals surface area contributed by atoms with Gasteiger partial charge in [-0.15, -0.1) is 11.3 Å². The zero-order valence-corrected chi connectivity index (χ0v) is 8.80. The summed E-state index contributed by atoms with van der Waals surface area (Å²) in [5.41, 5.74) is 5.00. The molecule has 1 aliphatic carbocycles. The van der Waals surface area contributed by atoms with Crippen molar-refractivity contribution in [1.82, 2.24) is 0 Å². The van der Waals surface area contributed by atoms with Gasteiger partial charge in [0.25, 0.3) is 0 Å². The summed E-state index contributed by atoms with van der Waals surface area (Å²) < 4.78 is 0. The first-order valence-corrected chi connectivity index (χ1v) is 5.42. The van der Waals surface area contributed by atoms with Crippen molar-refractivity contribution in [3.05, 3.63) is 21.9 Å². The van der Waals surface area contributed by atoms with Crippen LogP contribution in [0.3, 0.4) is 0 Å². The first-order chi connectivity index (χ1) is 6.54. The number of hydrogen-bond donors (Lipinski definition) is 2. The van der Waals surface area contributed by atoms with E-state index in [9.17, 15) is 9.90 Å². The van der Waals surface area contributed by atoms with Crippen molar-refractivity contribution in [2.24, 2.45) is 5.73 Å². The van der Waals surface area contributed by atoms with Gasteiger partial charge >= 0.3 is 5.97 Å². The zero-order valence-electron chi connectivity index (χ0n) is 7.99. The number of carbonyl (C=O) groups is 1. The van der Waals surface area contributed by atoms with Gasteiger partial charge in [0.1, 0.15) is 5.41 Å². The van der Waals surface area contributed by atoms with Gasteiger partial charge in [-0.2, -0.15) is 0 Å². The molecule has 0 aliphatic heterocycles. The Morgan fingerprint density at radius 1 is 1.64 bits per heavy atom. The lowest BCUT2D eigenvalue weighted by Gasteiger charge is -2.41. The van der Waals surface area contributed by atoms with Crippen LogP contribution in [0.4, 0.5) is 0 Å². The van der Waals surface area contributed by atoms with Gasteiger partial charge in [-0.25, -0.2) is 0 Å². The molecule has 1 fully saturated rings. The summed E-state index contributed by atoms with van der Waals surface area (Å²) in [6.45, 7) is 1.99. The first-order valence-electron chi connectivity index (χ1n) is 4.60. The third-order valence-electron chi connectivity index (χ3n) is 2.84. The number of aryl methyl sites for hydroxylation is 1. The summed E-state index contributed by atoms with van der Waals surface area (Å²) in [6.07, 6.45) is 1.14. The van der Waals surface area contributed by atoms with Crippen molar-refractivity contribution in [1.29, 1.82) is 0 Å². The Kier molecular flexibility index (Phi) is 2.12. The summed E-state index contributed by atoms with van der Waals surface area (Å²) in [4.78, 5) is 13.3. The lowest BCUT2D eigenvalue weighted by atomic mass is 9.65. The lowest BCUT2D eigenvalue weighted by Crippen LogP contribution is -2.53. The summed E-state index contributed by atoms with van der Waals surface area (Å²) in [7, 11) is 0. The summed E-state index contributed by atoms with van der Waals surface area (Å²) >= 11 is 1.56. The highest BCUT2D eigenvalue weighted by atomic mass is 32.1. The second-order valence-corrected chi connectivity index (χ2v) is 5.25. The number of hydrogen-bond acceptors (Lipinski definition) is 3. The second kappa shape index (κ2) is 3.07. The van der Waals surface area contributed by atoms with Crippen LogP contribution in [0.25, 0.3) is 0 Å². The summed E-state index contributed by atoms with van der Waals surface area (Å²) in [5.74, 6) is -0.735. The summed E-state index contributed by atoms with van der Waals surface area (Å²) in [6, 6.07) is 3.93. The number of rotatable bonds is 2. The van der Waals surface area contributed by atoms with E-state index < -0.39 is 11.4 Å².